The highest BCUT2D eigenvalue weighted by Gasteiger charge is 2.76. The Bertz CT molecular complexity index is 5380. The van der Waals surface area contributed by atoms with Crippen LogP contribution in [-0.2, 0) is 0 Å². The summed E-state index contributed by atoms with van der Waals surface area (Å²) < 4.78 is 23.7. The molecule has 432 valence electrons. The molecule has 1 aliphatic heterocycles. The molecule has 1 saturated heterocycles. The van der Waals surface area contributed by atoms with E-state index in [4.69, 9.17) is 18.8 Å². The van der Waals surface area contributed by atoms with Crippen molar-refractivity contribution >= 4 is 137 Å². The van der Waals surface area contributed by atoms with Crippen LogP contribution >= 0.6 is 0 Å². The van der Waals surface area contributed by atoms with Gasteiger partial charge >= 0.3 is 16.8 Å². The predicted octanol–water partition coefficient (Wildman–Crippen LogP) is 17.6. The van der Waals surface area contributed by atoms with Crippen molar-refractivity contribution in [2.45, 2.75) is 0 Å². The molecule has 1 fully saturated rings. The summed E-state index contributed by atoms with van der Waals surface area (Å²) >= 11 is 0. The number of hydrogen-bond donors (Lipinski definition) is 0. The van der Waals surface area contributed by atoms with Gasteiger partial charge in [0.1, 0.15) is 34.0 Å². The number of rotatable bonds is 10. The molecule has 0 saturated carbocycles. The minimum Gasteiger partial charge on any atom is -0.456 e. The van der Waals surface area contributed by atoms with Crippen molar-refractivity contribution in [3.63, 3.8) is 0 Å². The number of furan rings is 2. The van der Waals surface area contributed by atoms with Gasteiger partial charge in [0.25, 0.3) is 0 Å². The van der Waals surface area contributed by atoms with Crippen LogP contribution in [0.4, 0.5) is 11.6 Å². The molecule has 10 heteroatoms. The Morgan fingerprint density at radius 3 is 0.870 bits per heavy atom. The molecule has 0 spiro atoms. The summed E-state index contributed by atoms with van der Waals surface area (Å²) in [6, 6.07) is 119. The van der Waals surface area contributed by atoms with Crippen molar-refractivity contribution < 1.29 is 8.83 Å². The normalized spacial score (nSPS) is 13.8. The number of aromatic nitrogens is 4. The van der Waals surface area contributed by atoms with Gasteiger partial charge in [-0.25, -0.2) is 9.97 Å². The third-order valence-corrected chi connectivity index (χ3v) is 31.0. The highest BCUT2D eigenvalue weighted by atomic mass is 28.5. The third kappa shape index (κ3) is 7.56. The molecule has 0 unspecified atom stereocenters. The van der Waals surface area contributed by atoms with Crippen molar-refractivity contribution in [1.29, 1.82) is 0 Å². The number of anilines is 2. The van der Waals surface area contributed by atoms with Gasteiger partial charge in [-0.05, 0) is 142 Å². The predicted molar refractivity (Wildman–Crippen MR) is 383 cm³/mol. The van der Waals surface area contributed by atoms with Crippen LogP contribution in [0, 0.1) is 0 Å². The molecule has 7 heterocycles. The molecule has 0 aliphatic carbocycles. The average Bonchev–Trinajstić information content (AvgIpc) is 0.878. The lowest BCUT2D eigenvalue weighted by Gasteiger charge is -2.71. The number of fused-ring (bicyclic) bond motifs is 12. The van der Waals surface area contributed by atoms with Gasteiger partial charge in [0.15, 0.2) is 0 Å². The minimum atomic E-state index is -3.50. The van der Waals surface area contributed by atoms with Crippen LogP contribution in [0.1, 0.15) is 0 Å². The van der Waals surface area contributed by atoms with E-state index < -0.39 is 16.8 Å². The Morgan fingerprint density at radius 1 is 0.239 bits per heavy atom. The first-order valence-electron chi connectivity index (χ1n) is 31.3. The fraction of sp³-hybridized carbons (Fsp3) is 0. The standard InChI is InChI=1S/C82H54N6O2Si2/c1-5-23-59(24-6-1)91(60-25-7-2-8-26-60)87(81-41-21-35-71(83-81)55-43-47-77-67(51-55)69-53-57(45-49-79(69)89-77)85-73-37-17-13-31-63(73)64-32-14-18-38-74(64)85)92(61-27-9-3-10-28-61,62-29-11-4-12-30-62)88(91)82-42-22-36-72(84-82)56-44-48-78-68(52-56)70-54-58(46-50-80(70)90-78)86-75-39-19-15-33-65(75)66-34-16-20-40-76(66)86/h1-54H. The first-order chi connectivity index (χ1) is 45.6. The lowest BCUT2D eigenvalue weighted by Crippen LogP contribution is -3.07. The van der Waals surface area contributed by atoms with Gasteiger partial charge in [0.05, 0.1) is 33.5 Å². The van der Waals surface area contributed by atoms with Crippen LogP contribution < -0.4 is 29.2 Å². The maximum absolute atomic E-state index is 6.65. The van der Waals surface area contributed by atoms with Crippen LogP contribution in [0.5, 0.6) is 0 Å². The SMILES string of the molecule is c1ccc([Si]2(c3ccccc3)N(c3cccc(-c4ccc5oc6ccc(-n7c8ccccc8c8ccccc87)cc6c5c4)n3)[Si](c3ccccc3)(c3ccccc3)N2c2cccc(-c3ccc4oc5ccc(-n6c7ccccc7c7ccccc76)cc5c4c3)n2)cc1. The smallest absolute Gasteiger partial charge is 0.320 e. The topological polar surface area (TPSA) is 68.4 Å². The van der Waals surface area contributed by atoms with Crippen LogP contribution in [0.25, 0.3) is 121 Å². The Hall–Kier alpha value is -11.8. The van der Waals surface area contributed by atoms with Crippen LogP contribution in [0.2, 0.25) is 0 Å². The first kappa shape index (κ1) is 52.1. The highest BCUT2D eigenvalue weighted by Crippen LogP contribution is 2.47. The van der Waals surface area contributed by atoms with E-state index in [0.717, 1.165) is 89.4 Å². The number of benzene rings is 12. The molecular weight excluding hydrogens is 1160 g/mol. The zero-order valence-electron chi connectivity index (χ0n) is 49.7. The summed E-state index contributed by atoms with van der Waals surface area (Å²) in [6.07, 6.45) is 0. The fourth-order valence-corrected chi connectivity index (χ4v) is 30.3. The molecule has 92 heavy (non-hydrogen) atoms. The Balaban J connectivity index is 0.800. The molecule has 0 radical (unpaired) electrons. The summed E-state index contributed by atoms with van der Waals surface area (Å²) in [5.74, 6) is 1.80. The Morgan fingerprint density at radius 2 is 0.533 bits per heavy atom. The van der Waals surface area contributed by atoms with Crippen molar-refractivity contribution in [3.8, 4) is 33.9 Å². The summed E-state index contributed by atoms with van der Waals surface area (Å²) in [5, 5.41) is 14.0. The van der Waals surface area contributed by atoms with E-state index in [2.05, 4.69) is 345 Å². The zero-order valence-corrected chi connectivity index (χ0v) is 51.7. The van der Waals surface area contributed by atoms with E-state index in [1.165, 1.54) is 64.4 Å². The monoisotopic (exact) mass is 1210 g/mol. The zero-order chi connectivity index (χ0) is 60.5. The quantitative estimate of drug-likeness (QED) is 0.127. The van der Waals surface area contributed by atoms with Crippen LogP contribution in [0.3, 0.4) is 0 Å². The number of pyridine rings is 2. The second-order valence-corrected chi connectivity index (χ2v) is 31.6. The highest BCUT2D eigenvalue weighted by molar-refractivity contribution is 7.38. The van der Waals surface area contributed by atoms with Crippen LogP contribution in [0.15, 0.2) is 336 Å². The van der Waals surface area contributed by atoms with E-state index in [1.54, 1.807) is 0 Å². The van der Waals surface area contributed by atoms with Crippen molar-refractivity contribution in [3.05, 3.63) is 328 Å². The van der Waals surface area contributed by atoms with E-state index >= 15 is 0 Å². The van der Waals surface area contributed by atoms with Gasteiger partial charge in [0.2, 0.25) is 0 Å². The van der Waals surface area contributed by atoms with E-state index in [9.17, 15) is 0 Å². The molecule has 12 aromatic carbocycles. The van der Waals surface area contributed by atoms with Crippen molar-refractivity contribution in [1.82, 2.24) is 19.1 Å². The molecule has 1 aliphatic rings. The maximum Gasteiger partial charge on any atom is 0.320 e. The van der Waals surface area contributed by atoms with Gasteiger partial charge in [-0.3, -0.25) is 0 Å². The number of hydrogen-bond acceptors (Lipinski definition) is 6. The maximum atomic E-state index is 6.65. The molecule has 0 bridgehead atoms. The minimum absolute atomic E-state index is 0.828. The third-order valence-electron chi connectivity index (χ3n) is 19.1. The number of nitrogens with zero attached hydrogens (tertiary/aromatic N) is 6. The summed E-state index contributed by atoms with van der Waals surface area (Å²) in [4.78, 5) is 11.9. The van der Waals surface area contributed by atoms with Crippen molar-refractivity contribution in [2.75, 3.05) is 8.46 Å². The van der Waals surface area contributed by atoms with Crippen LogP contribution in [-0.4, -0.2) is 35.9 Å². The summed E-state index contributed by atoms with van der Waals surface area (Å²) in [6.45, 7) is 0. The molecule has 6 aromatic heterocycles. The lowest BCUT2D eigenvalue weighted by atomic mass is 10.1. The number of para-hydroxylation sites is 4. The van der Waals surface area contributed by atoms with Gasteiger partial charge in [0, 0.05) is 65.6 Å². The molecule has 19 rings (SSSR count). The van der Waals surface area contributed by atoms with E-state index in [1.807, 2.05) is 0 Å². The fourth-order valence-electron chi connectivity index (χ4n) is 15.3. The second-order valence-electron chi connectivity index (χ2n) is 24.0. The average molecular weight is 1210 g/mol. The second kappa shape index (κ2) is 20.4. The molecule has 0 N–H and O–H groups in total. The summed E-state index contributed by atoms with van der Waals surface area (Å²) in [5.41, 5.74) is 13.9. The van der Waals surface area contributed by atoms with Gasteiger partial charge < -0.3 is 26.4 Å². The molecule has 8 nitrogen and oxygen atoms in total. The molecular formula is C82H54N6O2Si2. The molecule has 0 atom stereocenters. The lowest BCUT2D eigenvalue weighted by molar-refractivity contribution is 0.668. The van der Waals surface area contributed by atoms with E-state index in [0.29, 0.717) is 0 Å². The van der Waals surface area contributed by atoms with Crippen molar-refractivity contribution in [2.24, 2.45) is 0 Å². The Labute approximate surface area is 531 Å². The Kier molecular flexibility index (Phi) is 11.5. The van der Waals surface area contributed by atoms with Gasteiger partial charge in [-0.15, -0.1) is 0 Å². The molecule has 0 amide bonds. The molecule has 18 aromatic rings. The first-order valence-corrected chi connectivity index (χ1v) is 35.1. The van der Waals surface area contributed by atoms with Gasteiger partial charge in [-0.1, -0.05) is 206 Å². The van der Waals surface area contributed by atoms with E-state index in [-0.39, 0.29) is 0 Å². The van der Waals surface area contributed by atoms with Gasteiger partial charge in [-0.2, -0.15) is 0 Å². The largest absolute Gasteiger partial charge is 0.456 e. The summed E-state index contributed by atoms with van der Waals surface area (Å²) in [7, 11) is -7.00.